The number of hydrogen-bond acceptors (Lipinski definition) is 4. The van der Waals surface area contributed by atoms with Crippen molar-refractivity contribution in [2.75, 3.05) is 33.9 Å². The first-order chi connectivity index (χ1) is 18.2. The number of ketones is 1. The van der Waals surface area contributed by atoms with Gasteiger partial charge in [-0.2, -0.15) is 0 Å². The van der Waals surface area contributed by atoms with E-state index in [1.54, 1.807) is 31.9 Å². The number of carbonyl (C=O) groups is 1. The molecule has 3 aromatic rings. The molecule has 1 fully saturated rings. The number of hydrogen-bond donors (Lipinski definition) is 0. The topological polar surface area (TPSA) is 38.8 Å². The van der Waals surface area contributed by atoms with Crippen LogP contribution in [0.5, 0.6) is 11.5 Å². The Kier molecular flexibility index (Phi) is 9.43. The highest BCUT2D eigenvalue weighted by atomic mass is 35.5. The monoisotopic (exact) mass is 529 g/mol. The van der Waals surface area contributed by atoms with Crippen molar-refractivity contribution >= 4 is 35.9 Å². The summed E-state index contributed by atoms with van der Waals surface area (Å²) in [4.78, 5) is 15.2. The van der Waals surface area contributed by atoms with Gasteiger partial charge >= 0.3 is 0 Å². The average molecular weight is 530 g/mol. The number of Topliss-reactive ketones (excluding diaryl/α,β-unsaturated/α-hetero) is 1. The highest BCUT2D eigenvalue weighted by Crippen LogP contribution is 2.38. The smallest absolute Gasteiger partial charge is 0.163 e. The SMILES string of the molecule is COc1ccc(C(=O)CCCCN2CCC(=C3c4ccccc4C=Cc4ccccc43)CC2)cc1OC.Cl. The summed E-state index contributed by atoms with van der Waals surface area (Å²) in [6, 6.07) is 22.9. The Morgan fingerprint density at radius 1 is 0.789 bits per heavy atom. The van der Waals surface area contributed by atoms with Crippen LogP contribution in [0, 0.1) is 0 Å². The van der Waals surface area contributed by atoms with Crippen molar-refractivity contribution in [1.29, 1.82) is 0 Å². The van der Waals surface area contributed by atoms with Gasteiger partial charge in [-0.05, 0) is 78.3 Å². The fourth-order valence-corrected chi connectivity index (χ4v) is 5.52. The van der Waals surface area contributed by atoms with E-state index in [4.69, 9.17) is 9.47 Å². The van der Waals surface area contributed by atoms with Crippen LogP contribution in [-0.4, -0.2) is 44.5 Å². The second kappa shape index (κ2) is 12.9. The van der Waals surface area contributed by atoms with Crippen LogP contribution >= 0.6 is 12.4 Å². The average Bonchev–Trinajstić information content (AvgIpc) is 3.12. The molecule has 0 unspecified atom stereocenters. The van der Waals surface area contributed by atoms with Crippen LogP contribution in [0.15, 0.2) is 72.3 Å². The van der Waals surface area contributed by atoms with Gasteiger partial charge in [0.25, 0.3) is 0 Å². The fourth-order valence-electron chi connectivity index (χ4n) is 5.52. The van der Waals surface area contributed by atoms with E-state index in [9.17, 15) is 4.79 Å². The summed E-state index contributed by atoms with van der Waals surface area (Å²) >= 11 is 0. The van der Waals surface area contributed by atoms with E-state index in [0.29, 0.717) is 23.5 Å². The van der Waals surface area contributed by atoms with Crippen LogP contribution in [-0.2, 0) is 0 Å². The molecule has 3 aromatic carbocycles. The molecule has 1 aliphatic carbocycles. The number of unbranched alkanes of at least 4 members (excludes halogenated alkanes) is 1. The zero-order valence-corrected chi connectivity index (χ0v) is 23.1. The van der Waals surface area contributed by atoms with Gasteiger partial charge in [0.15, 0.2) is 17.3 Å². The molecule has 0 radical (unpaired) electrons. The van der Waals surface area contributed by atoms with E-state index in [1.807, 2.05) is 6.07 Å². The molecule has 0 amide bonds. The maximum absolute atomic E-state index is 12.7. The molecule has 0 N–H and O–H groups in total. The number of piperidine rings is 1. The molecule has 1 heterocycles. The molecular weight excluding hydrogens is 494 g/mol. The van der Waals surface area contributed by atoms with E-state index in [0.717, 1.165) is 45.3 Å². The number of benzene rings is 3. The van der Waals surface area contributed by atoms with Crippen LogP contribution in [0.2, 0.25) is 0 Å². The molecule has 198 valence electrons. The Morgan fingerprint density at radius 3 is 2.00 bits per heavy atom. The van der Waals surface area contributed by atoms with Gasteiger partial charge in [0.05, 0.1) is 14.2 Å². The van der Waals surface area contributed by atoms with Gasteiger partial charge < -0.3 is 14.4 Å². The van der Waals surface area contributed by atoms with Gasteiger partial charge in [0.1, 0.15) is 0 Å². The summed E-state index contributed by atoms with van der Waals surface area (Å²) in [5, 5.41) is 0. The third kappa shape index (κ3) is 6.03. The van der Waals surface area contributed by atoms with Gasteiger partial charge in [-0.1, -0.05) is 66.3 Å². The number of ether oxygens (including phenoxy) is 2. The summed E-state index contributed by atoms with van der Waals surface area (Å²) in [5.74, 6) is 1.40. The zero-order chi connectivity index (χ0) is 25.6. The second-order valence-corrected chi connectivity index (χ2v) is 9.78. The van der Waals surface area contributed by atoms with Crippen molar-refractivity contribution in [2.24, 2.45) is 0 Å². The number of halogens is 1. The lowest BCUT2D eigenvalue weighted by atomic mass is 9.86. The molecule has 5 rings (SSSR count). The Morgan fingerprint density at radius 2 is 1.39 bits per heavy atom. The lowest BCUT2D eigenvalue weighted by molar-refractivity contribution is 0.0977. The lowest BCUT2D eigenvalue weighted by Crippen LogP contribution is -2.32. The molecule has 4 nitrogen and oxygen atoms in total. The van der Waals surface area contributed by atoms with Crippen molar-refractivity contribution in [2.45, 2.75) is 32.1 Å². The van der Waals surface area contributed by atoms with Crippen molar-refractivity contribution < 1.29 is 14.3 Å². The largest absolute Gasteiger partial charge is 0.493 e. The van der Waals surface area contributed by atoms with Crippen molar-refractivity contribution in [3.8, 4) is 11.5 Å². The molecule has 2 aliphatic rings. The minimum absolute atomic E-state index is 0. The number of rotatable bonds is 8. The maximum atomic E-state index is 12.7. The first-order valence-corrected chi connectivity index (χ1v) is 13.2. The molecule has 0 aromatic heterocycles. The van der Waals surface area contributed by atoms with E-state index in [1.165, 1.54) is 27.8 Å². The first kappa shape index (κ1) is 27.7. The Hall–Kier alpha value is -3.34. The predicted molar refractivity (Wildman–Crippen MR) is 158 cm³/mol. The maximum Gasteiger partial charge on any atom is 0.163 e. The number of fused-ring (bicyclic) bond motifs is 2. The summed E-state index contributed by atoms with van der Waals surface area (Å²) in [5.41, 5.74) is 8.96. The Balaban J connectivity index is 0.00000336. The molecule has 0 atom stereocenters. The Labute approximate surface area is 232 Å². The molecule has 0 bridgehead atoms. The van der Waals surface area contributed by atoms with Gasteiger partial charge in [-0.15, -0.1) is 12.4 Å². The number of methoxy groups -OCH3 is 2. The lowest BCUT2D eigenvalue weighted by Gasteiger charge is -2.30. The standard InChI is InChI=1S/C33H35NO3.ClH/c1-36-31-17-16-27(23-32(31)37-2)30(35)13-7-8-20-34-21-18-26(19-22-34)33-28-11-5-3-9-24(28)14-15-25-10-4-6-12-29(25)33;/h3-6,9-12,14-17,23H,7-8,13,18-22H2,1-2H3;1H. The first-order valence-electron chi connectivity index (χ1n) is 13.2. The van der Waals surface area contributed by atoms with Crippen LogP contribution in [0.1, 0.15) is 64.7 Å². The zero-order valence-electron chi connectivity index (χ0n) is 22.2. The van der Waals surface area contributed by atoms with Crippen molar-refractivity contribution in [1.82, 2.24) is 4.90 Å². The predicted octanol–water partition coefficient (Wildman–Crippen LogP) is 7.56. The summed E-state index contributed by atoms with van der Waals surface area (Å²) in [7, 11) is 3.20. The molecule has 0 spiro atoms. The highest BCUT2D eigenvalue weighted by molar-refractivity contribution is 5.97. The minimum Gasteiger partial charge on any atom is -0.493 e. The summed E-state index contributed by atoms with van der Waals surface area (Å²) in [6.45, 7) is 3.18. The molecule has 1 aliphatic heterocycles. The quantitative estimate of drug-likeness (QED) is 0.174. The normalized spacial score (nSPS) is 14.7. The van der Waals surface area contributed by atoms with Crippen molar-refractivity contribution in [3.63, 3.8) is 0 Å². The molecule has 5 heteroatoms. The van der Waals surface area contributed by atoms with Crippen molar-refractivity contribution in [3.05, 3.63) is 100 Å². The van der Waals surface area contributed by atoms with Crippen LogP contribution in [0.4, 0.5) is 0 Å². The fraction of sp³-hybridized carbons (Fsp3) is 0.303. The van der Waals surface area contributed by atoms with Gasteiger partial charge in [-0.25, -0.2) is 0 Å². The number of carbonyl (C=O) groups excluding carboxylic acids is 1. The van der Waals surface area contributed by atoms with E-state index >= 15 is 0 Å². The van der Waals surface area contributed by atoms with Gasteiger partial charge in [-0.3, -0.25) is 4.79 Å². The molecular formula is C33H36ClNO3. The minimum atomic E-state index is 0. The number of likely N-dealkylation sites (tertiary alicyclic amines) is 1. The van der Waals surface area contributed by atoms with Crippen LogP contribution in [0.3, 0.4) is 0 Å². The van der Waals surface area contributed by atoms with Gasteiger partial charge in [0, 0.05) is 25.1 Å². The third-order valence-electron chi connectivity index (χ3n) is 7.55. The van der Waals surface area contributed by atoms with E-state index in [-0.39, 0.29) is 18.2 Å². The molecule has 1 saturated heterocycles. The molecule has 0 saturated carbocycles. The third-order valence-corrected chi connectivity index (χ3v) is 7.55. The second-order valence-electron chi connectivity index (χ2n) is 9.78. The van der Waals surface area contributed by atoms with E-state index < -0.39 is 0 Å². The number of nitrogens with zero attached hydrogens (tertiary/aromatic N) is 1. The summed E-state index contributed by atoms with van der Waals surface area (Å²) < 4.78 is 10.6. The highest BCUT2D eigenvalue weighted by Gasteiger charge is 2.22. The van der Waals surface area contributed by atoms with E-state index in [2.05, 4.69) is 65.6 Å². The Bertz CT molecular complexity index is 1280. The molecule has 38 heavy (non-hydrogen) atoms. The van der Waals surface area contributed by atoms with Crippen LogP contribution < -0.4 is 9.47 Å². The van der Waals surface area contributed by atoms with Gasteiger partial charge in [0.2, 0.25) is 0 Å². The summed E-state index contributed by atoms with van der Waals surface area (Å²) in [6.07, 6.45) is 9.15. The van der Waals surface area contributed by atoms with Crippen LogP contribution in [0.25, 0.3) is 17.7 Å².